The highest BCUT2D eigenvalue weighted by Crippen LogP contribution is 2.30. The van der Waals surface area contributed by atoms with Crippen LogP contribution in [0.5, 0.6) is 0 Å². The Morgan fingerprint density at radius 1 is 1.39 bits per heavy atom. The number of allylic oxidation sites excluding steroid dienone is 2. The second kappa shape index (κ2) is 6.10. The highest BCUT2D eigenvalue weighted by molar-refractivity contribution is 5.80. The van der Waals surface area contributed by atoms with Crippen molar-refractivity contribution in [2.75, 3.05) is 6.61 Å². The minimum atomic E-state index is -1.07. The molecular weight excluding hydrogens is 240 g/mol. The van der Waals surface area contributed by atoms with Gasteiger partial charge in [-0.1, -0.05) is 18.2 Å². The number of hydrogen-bond acceptors (Lipinski definition) is 5. The van der Waals surface area contributed by atoms with Crippen molar-refractivity contribution in [2.24, 2.45) is 0 Å². The third-order valence-electron chi connectivity index (χ3n) is 2.40. The van der Waals surface area contributed by atoms with Crippen LogP contribution in [-0.2, 0) is 14.3 Å². The molecule has 1 fully saturated rings. The van der Waals surface area contributed by atoms with Gasteiger partial charge in [-0.25, -0.2) is 4.79 Å². The molecule has 3 atom stereocenters. The third kappa shape index (κ3) is 4.23. The van der Waals surface area contributed by atoms with Crippen LogP contribution in [0.3, 0.4) is 0 Å². The summed E-state index contributed by atoms with van der Waals surface area (Å²) in [4.78, 5) is 10.2. The molecule has 0 bridgehead atoms. The molecule has 6 nitrogen and oxygen atoms in total. The number of aliphatic hydroxyl groups is 2. The minimum Gasteiger partial charge on any atom is -0.478 e. The van der Waals surface area contributed by atoms with Crippen molar-refractivity contribution in [1.82, 2.24) is 0 Å². The first-order valence-corrected chi connectivity index (χ1v) is 5.58. The van der Waals surface area contributed by atoms with E-state index in [9.17, 15) is 9.90 Å². The molecule has 0 spiro atoms. The maximum Gasteiger partial charge on any atom is 0.328 e. The van der Waals surface area contributed by atoms with Gasteiger partial charge in [0.2, 0.25) is 0 Å². The lowest BCUT2D eigenvalue weighted by atomic mass is 10.1. The molecule has 0 aromatic carbocycles. The van der Waals surface area contributed by atoms with E-state index >= 15 is 0 Å². The normalized spacial score (nSPS) is 29.1. The van der Waals surface area contributed by atoms with Crippen molar-refractivity contribution >= 4 is 5.97 Å². The van der Waals surface area contributed by atoms with Crippen LogP contribution >= 0.6 is 0 Å². The fraction of sp³-hybridized carbons (Fsp3) is 0.583. The number of rotatable bonds is 5. The summed E-state index contributed by atoms with van der Waals surface area (Å²) in [5.74, 6) is -1.92. The van der Waals surface area contributed by atoms with E-state index in [1.807, 2.05) is 0 Å². The Balaban J connectivity index is 2.60. The summed E-state index contributed by atoms with van der Waals surface area (Å²) >= 11 is 0. The Labute approximate surface area is 105 Å². The van der Waals surface area contributed by atoms with Gasteiger partial charge in [-0.15, -0.1) is 0 Å². The summed E-state index contributed by atoms with van der Waals surface area (Å²) in [5.41, 5.74) is 0. The lowest BCUT2D eigenvalue weighted by molar-refractivity contribution is -0.154. The summed E-state index contributed by atoms with van der Waals surface area (Å²) in [7, 11) is 0. The Kier molecular flexibility index (Phi) is 5.03. The standard InChI is InChI=1S/C12H18O6/c1-12(2)17-9(7-13)11(18-12)8(14)5-3-4-6-10(15)16/h3-6,8-9,11,13-14H,7H2,1-2H3,(H,15,16). The third-order valence-corrected chi connectivity index (χ3v) is 2.40. The van der Waals surface area contributed by atoms with Gasteiger partial charge in [0.05, 0.1) is 6.61 Å². The molecule has 1 saturated heterocycles. The summed E-state index contributed by atoms with van der Waals surface area (Å²) in [5, 5.41) is 27.4. The zero-order valence-corrected chi connectivity index (χ0v) is 10.3. The number of carboxylic acids is 1. The fourth-order valence-corrected chi connectivity index (χ4v) is 1.72. The number of hydrogen-bond donors (Lipinski definition) is 3. The molecular formula is C12H18O6. The number of carbonyl (C=O) groups is 1. The topological polar surface area (TPSA) is 96.2 Å². The number of ether oxygens (including phenoxy) is 2. The van der Waals surface area contributed by atoms with Crippen LogP contribution in [-0.4, -0.2) is 52.0 Å². The molecule has 1 aliphatic heterocycles. The average molecular weight is 258 g/mol. The molecule has 1 heterocycles. The van der Waals surface area contributed by atoms with Gasteiger partial charge in [0.15, 0.2) is 5.79 Å². The summed E-state index contributed by atoms with van der Waals surface area (Å²) in [6.07, 6.45) is 2.76. The maximum atomic E-state index is 10.2. The van der Waals surface area contributed by atoms with E-state index in [1.165, 1.54) is 18.2 Å². The molecule has 0 saturated carbocycles. The van der Waals surface area contributed by atoms with Crippen LogP contribution in [0, 0.1) is 0 Å². The van der Waals surface area contributed by atoms with E-state index in [1.54, 1.807) is 13.8 Å². The van der Waals surface area contributed by atoms with Crippen molar-refractivity contribution < 1.29 is 29.6 Å². The van der Waals surface area contributed by atoms with Gasteiger partial charge in [-0.05, 0) is 13.8 Å². The van der Waals surface area contributed by atoms with Gasteiger partial charge in [-0.2, -0.15) is 0 Å². The number of carboxylic acid groups (broad SMARTS) is 1. The van der Waals surface area contributed by atoms with Crippen molar-refractivity contribution in [1.29, 1.82) is 0 Å². The molecule has 0 aromatic heterocycles. The maximum absolute atomic E-state index is 10.2. The highest BCUT2D eigenvalue weighted by atomic mass is 16.8. The van der Waals surface area contributed by atoms with E-state index in [2.05, 4.69) is 0 Å². The van der Waals surface area contributed by atoms with Gasteiger partial charge in [0.25, 0.3) is 0 Å². The van der Waals surface area contributed by atoms with Crippen molar-refractivity contribution in [3.8, 4) is 0 Å². The second-order valence-electron chi connectivity index (χ2n) is 4.39. The summed E-state index contributed by atoms with van der Waals surface area (Å²) in [6.45, 7) is 3.12. The van der Waals surface area contributed by atoms with Crippen molar-refractivity contribution in [3.63, 3.8) is 0 Å². The zero-order chi connectivity index (χ0) is 13.8. The van der Waals surface area contributed by atoms with E-state index in [4.69, 9.17) is 19.7 Å². The minimum absolute atomic E-state index is 0.260. The summed E-state index contributed by atoms with van der Waals surface area (Å²) in [6, 6.07) is 0. The Morgan fingerprint density at radius 3 is 2.61 bits per heavy atom. The number of aliphatic hydroxyl groups excluding tert-OH is 2. The van der Waals surface area contributed by atoms with Crippen LogP contribution in [0.15, 0.2) is 24.3 Å². The molecule has 3 N–H and O–H groups in total. The van der Waals surface area contributed by atoms with Gasteiger partial charge in [0.1, 0.15) is 18.3 Å². The SMILES string of the molecule is CC1(C)OC(CO)C(C(O)C=CC=CC(=O)O)O1. The van der Waals surface area contributed by atoms with E-state index < -0.39 is 30.1 Å². The van der Waals surface area contributed by atoms with Crippen LogP contribution in [0.4, 0.5) is 0 Å². The van der Waals surface area contributed by atoms with E-state index in [0.717, 1.165) is 6.08 Å². The molecule has 0 aliphatic carbocycles. The van der Waals surface area contributed by atoms with Gasteiger partial charge in [0, 0.05) is 6.08 Å². The van der Waals surface area contributed by atoms with Crippen molar-refractivity contribution in [2.45, 2.75) is 37.9 Å². The van der Waals surface area contributed by atoms with Crippen LogP contribution < -0.4 is 0 Å². The molecule has 102 valence electrons. The summed E-state index contributed by atoms with van der Waals surface area (Å²) < 4.78 is 10.9. The zero-order valence-electron chi connectivity index (χ0n) is 10.3. The quantitative estimate of drug-likeness (QED) is 0.476. The second-order valence-corrected chi connectivity index (χ2v) is 4.39. The largest absolute Gasteiger partial charge is 0.478 e. The molecule has 1 rings (SSSR count). The Morgan fingerprint density at radius 2 is 2.06 bits per heavy atom. The Bertz CT molecular complexity index is 346. The first-order valence-electron chi connectivity index (χ1n) is 5.58. The fourth-order valence-electron chi connectivity index (χ4n) is 1.72. The molecule has 0 aromatic rings. The Hall–Kier alpha value is -1.21. The van der Waals surface area contributed by atoms with Crippen LogP contribution in [0.1, 0.15) is 13.8 Å². The predicted octanol–water partition coefficient (Wildman–Crippen LogP) is 0.0567. The lowest BCUT2D eigenvalue weighted by Gasteiger charge is -2.19. The van der Waals surface area contributed by atoms with Gasteiger partial charge < -0.3 is 24.8 Å². The number of aliphatic carboxylic acids is 1. The molecule has 1 aliphatic rings. The monoisotopic (exact) mass is 258 g/mol. The lowest BCUT2D eigenvalue weighted by Crippen LogP contribution is -2.36. The molecule has 0 radical (unpaired) electrons. The van der Waals surface area contributed by atoms with Crippen LogP contribution in [0.25, 0.3) is 0 Å². The first kappa shape index (κ1) is 14.8. The molecule has 0 amide bonds. The highest BCUT2D eigenvalue weighted by Gasteiger charge is 2.43. The average Bonchev–Trinajstić information content (AvgIpc) is 2.59. The smallest absolute Gasteiger partial charge is 0.328 e. The molecule has 3 unspecified atom stereocenters. The molecule has 6 heteroatoms. The van der Waals surface area contributed by atoms with Crippen LogP contribution in [0.2, 0.25) is 0 Å². The van der Waals surface area contributed by atoms with Gasteiger partial charge >= 0.3 is 5.97 Å². The van der Waals surface area contributed by atoms with E-state index in [0.29, 0.717) is 0 Å². The predicted molar refractivity (Wildman–Crippen MR) is 62.8 cm³/mol. The first-order chi connectivity index (χ1) is 8.35. The van der Waals surface area contributed by atoms with Crippen molar-refractivity contribution in [3.05, 3.63) is 24.3 Å². The molecule has 18 heavy (non-hydrogen) atoms. The van der Waals surface area contributed by atoms with E-state index in [-0.39, 0.29) is 6.61 Å². The van der Waals surface area contributed by atoms with Gasteiger partial charge in [-0.3, -0.25) is 0 Å².